The van der Waals surface area contributed by atoms with Crippen LogP contribution in [0.15, 0.2) is 23.1 Å². The van der Waals surface area contributed by atoms with Crippen molar-refractivity contribution in [2.75, 3.05) is 31.6 Å². The summed E-state index contributed by atoms with van der Waals surface area (Å²) < 4.78 is 38.4. The van der Waals surface area contributed by atoms with Crippen molar-refractivity contribution >= 4 is 21.6 Å². The molecular formula is C19H30N2O5S. The van der Waals surface area contributed by atoms with Crippen LogP contribution in [0.3, 0.4) is 0 Å². The third-order valence-electron chi connectivity index (χ3n) is 4.49. The Kier molecular flexibility index (Phi) is 8.07. The molecule has 0 spiro atoms. The molecule has 0 saturated carbocycles. The molecule has 1 aliphatic rings. The fourth-order valence-electron chi connectivity index (χ4n) is 3.10. The average Bonchev–Trinajstić information content (AvgIpc) is 2.68. The highest BCUT2D eigenvalue weighted by molar-refractivity contribution is 7.89. The number of nitrogens with zero attached hydrogens (tertiary/aromatic N) is 1. The van der Waals surface area contributed by atoms with Crippen molar-refractivity contribution < 1.29 is 22.7 Å². The fourth-order valence-corrected chi connectivity index (χ4v) is 4.64. The molecule has 0 aromatic heterocycles. The van der Waals surface area contributed by atoms with Gasteiger partial charge < -0.3 is 14.8 Å². The summed E-state index contributed by atoms with van der Waals surface area (Å²) in [5.74, 6) is 0.127. The quantitative estimate of drug-likeness (QED) is 0.691. The van der Waals surface area contributed by atoms with E-state index >= 15 is 0 Å². The molecule has 0 aliphatic carbocycles. The Morgan fingerprint density at radius 2 is 1.85 bits per heavy atom. The highest BCUT2D eigenvalue weighted by atomic mass is 32.2. The minimum atomic E-state index is -3.59. The van der Waals surface area contributed by atoms with E-state index in [1.807, 2.05) is 20.8 Å². The summed E-state index contributed by atoms with van der Waals surface area (Å²) in [6, 6.07) is 4.60. The number of hydrogen-bond donors (Lipinski definition) is 1. The Hall–Kier alpha value is -1.64. The summed E-state index contributed by atoms with van der Waals surface area (Å²) in [5, 5.41) is 2.77. The summed E-state index contributed by atoms with van der Waals surface area (Å²) >= 11 is 0. The molecule has 1 heterocycles. The van der Waals surface area contributed by atoms with Gasteiger partial charge in [0, 0.05) is 19.7 Å². The van der Waals surface area contributed by atoms with E-state index in [0.717, 1.165) is 19.3 Å². The van der Waals surface area contributed by atoms with Crippen molar-refractivity contribution in [1.29, 1.82) is 0 Å². The van der Waals surface area contributed by atoms with E-state index in [2.05, 4.69) is 5.32 Å². The van der Waals surface area contributed by atoms with E-state index in [0.29, 0.717) is 44.2 Å². The van der Waals surface area contributed by atoms with Crippen LogP contribution in [0.1, 0.15) is 46.5 Å². The van der Waals surface area contributed by atoms with E-state index in [1.165, 1.54) is 16.4 Å². The first-order valence-corrected chi connectivity index (χ1v) is 11.1. The zero-order valence-electron chi connectivity index (χ0n) is 16.4. The second kappa shape index (κ2) is 10.1. The van der Waals surface area contributed by atoms with Crippen LogP contribution in [0.4, 0.5) is 5.69 Å². The molecule has 1 N–H and O–H groups in total. The first-order chi connectivity index (χ1) is 12.9. The normalized spacial score (nSPS) is 16.7. The van der Waals surface area contributed by atoms with Crippen LogP contribution in [0, 0.1) is 0 Å². The molecule has 1 fully saturated rings. The monoisotopic (exact) mass is 398 g/mol. The second-order valence-electron chi connectivity index (χ2n) is 6.40. The number of sulfonamides is 1. The number of benzene rings is 1. The van der Waals surface area contributed by atoms with E-state index < -0.39 is 16.1 Å². The lowest BCUT2D eigenvalue weighted by Gasteiger charge is -2.26. The smallest absolute Gasteiger partial charge is 0.253 e. The van der Waals surface area contributed by atoms with Crippen molar-refractivity contribution in [3.63, 3.8) is 0 Å². The van der Waals surface area contributed by atoms with Gasteiger partial charge in [-0.2, -0.15) is 4.31 Å². The van der Waals surface area contributed by atoms with Gasteiger partial charge in [0.25, 0.3) is 5.91 Å². The number of hydrogen-bond acceptors (Lipinski definition) is 5. The van der Waals surface area contributed by atoms with Gasteiger partial charge in [0.15, 0.2) is 0 Å². The summed E-state index contributed by atoms with van der Waals surface area (Å²) in [6.45, 7) is 7.41. The Balaban J connectivity index is 2.31. The minimum absolute atomic E-state index is 0.160. The lowest BCUT2D eigenvalue weighted by molar-refractivity contribution is -0.127. The van der Waals surface area contributed by atoms with Gasteiger partial charge in [-0.1, -0.05) is 13.3 Å². The fraction of sp³-hybridized carbons (Fsp3) is 0.632. The van der Waals surface area contributed by atoms with Crippen LogP contribution in [-0.2, 0) is 19.6 Å². The van der Waals surface area contributed by atoms with E-state index in [-0.39, 0.29) is 10.8 Å². The lowest BCUT2D eigenvalue weighted by atomic mass is 10.2. The van der Waals surface area contributed by atoms with E-state index in [4.69, 9.17) is 9.47 Å². The van der Waals surface area contributed by atoms with Gasteiger partial charge >= 0.3 is 0 Å². The van der Waals surface area contributed by atoms with Crippen molar-refractivity contribution in [1.82, 2.24) is 4.31 Å². The summed E-state index contributed by atoms with van der Waals surface area (Å²) in [4.78, 5) is 12.7. The molecule has 0 radical (unpaired) electrons. The molecule has 1 atom stereocenters. The maximum Gasteiger partial charge on any atom is 0.253 e. The Bertz CT molecular complexity index is 730. The molecule has 0 bridgehead atoms. The third kappa shape index (κ3) is 5.43. The standard InChI is InChI=1S/C19H30N2O5S/c1-4-17(25-5-2)19(22)20-16-14-15(10-11-18(16)26-6-3)27(23,24)21-12-8-7-9-13-21/h10-11,14,17H,4-9,12-13H2,1-3H3,(H,20,22). The average molecular weight is 399 g/mol. The first-order valence-electron chi connectivity index (χ1n) is 9.63. The lowest BCUT2D eigenvalue weighted by Crippen LogP contribution is -2.35. The topological polar surface area (TPSA) is 84.9 Å². The van der Waals surface area contributed by atoms with Crippen molar-refractivity contribution in [2.45, 2.75) is 57.5 Å². The molecule has 152 valence electrons. The number of amides is 1. The number of anilines is 1. The van der Waals surface area contributed by atoms with Crippen LogP contribution in [0.2, 0.25) is 0 Å². The van der Waals surface area contributed by atoms with Crippen molar-refractivity contribution in [3.05, 3.63) is 18.2 Å². The number of nitrogens with one attached hydrogen (secondary N) is 1. The second-order valence-corrected chi connectivity index (χ2v) is 8.34. The molecule has 2 rings (SSSR count). The van der Waals surface area contributed by atoms with Crippen molar-refractivity contribution in [2.24, 2.45) is 0 Å². The molecule has 8 heteroatoms. The van der Waals surface area contributed by atoms with Crippen LogP contribution >= 0.6 is 0 Å². The minimum Gasteiger partial charge on any atom is -0.492 e. The SMILES string of the molecule is CCOc1ccc(S(=O)(=O)N2CCCCC2)cc1NC(=O)C(CC)OCC. The van der Waals surface area contributed by atoms with Gasteiger partial charge in [-0.05, 0) is 51.3 Å². The van der Waals surface area contributed by atoms with Gasteiger partial charge in [0.1, 0.15) is 11.9 Å². The van der Waals surface area contributed by atoms with E-state index in [9.17, 15) is 13.2 Å². The van der Waals surface area contributed by atoms with Crippen LogP contribution < -0.4 is 10.1 Å². The van der Waals surface area contributed by atoms with Crippen molar-refractivity contribution in [3.8, 4) is 5.75 Å². The molecule has 1 aromatic rings. The molecule has 1 unspecified atom stereocenters. The molecule has 1 saturated heterocycles. The third-order valence-corrected chi connectivity index (χ3v) is 6.39. The predicted octanol–water partition coefficient (Wildman–Crippen LogP) is 3.01. The number of rotatable bonds is 9. The molecule has 27 heavy (non-hydrogen) atoms. The van der Waals surface area contributed by atoms with Gasteiger partial charge in [-0.25, -0.2) is 8.42 Å². The Labute approximate surface area is 162 Å². The maximum atomic E-state index is 12.9. The Morgan fingerprint density at radius 3 is 2.44 bits per heavy atom. The molecule has 1 aliphatic heterocycles. The summed E-state index contributed by atoms with van der Waals surface area (Å²) in [6.07, 6.45) is 2.72. The van der Waals surface area contributed by atoms with Gasteiger partial charge in [0.2, 0.25) is 10.0 Å². The van der Waals surface area contributed by atoms with Gasteiger partial charge in [0.05, 0.1) is 17.2 Å². The molecular weight excluding hydrogens is 368 g/mol. The van der Waals surface area contributed by atoms with Crippen LogP contribution in [-0.4, -0.2) is 51.0 Å². The first kappa shape index (κ1) is 21.7. The predicted molar refractivity (Wildman–Crippen MR) is 105 cm³/mol. The molecule has 7 nitrogen and oxygen atoms in total. The van der Waals surface area contributed by atoms with Crippen LogP contribution in [0.5, 0.6) is 5.75 Å². The molecule has 1 amide bonds. The highest BCUT2D eigenvalue weighted by Gasteiger charge is 2.27. The highest BCUT2D eigenvalue weighted by Crippen LogP contribution is 2.30. The number of piperidine rings is 1. The van der Waals surface area contributed by atoms with Gasteiger partial charge in [-0.15, -0.1) is 0 Å². The zero-order valence-corrected chi connectivity index (χ0v) is 17.2. The van der Waals surface area contributed by atoms with E-state index in [1.54, 1.807) is 6.07 Å². The van der Waals surface area contributed by atoms with Crippen LogP contribution in [0.25, 0.3) is 0 Å². The Morgan fingerprint density at radius 1 is 1.15 bits per heavy atom. The molecule has 1 aromatic carbocycles. The summed E-state index contributed by atoms with van der Waals surface area (Å²) in [7, 11) is -3.59. The number of carbonyl (C=O) groups is 1. The number of ether oxygens (including phenoxy) is 2. The summed E-state index contributed by atoms with van der Waals surface area (Å²) in [5.41, 5.74) is 0.345. The largest absolute Gasteiger partial charge is 0.492 e. The maximum absolute atomic E-state index is 12.9. The van der Waals surface area contributed by atoms with Gasteiger partial charge in [-0.3, -0.25) is 4.79 Å². The zero-order chi connectivity index (χ0) is 19.9. The number of carbonyl (C=O) groups excluding carboxylic acids is 1.